The molecule has 1 N–H and O–H groups in total. The highest BCUT2D eigenvalue weighted by Gasteiger charge is 2.28. The first-order chi connectivity index (χ1) is 7.61. The number of aliphatic hydroxyl groups is 1. The van der Waals surface area contributed by atoms with Gasteiger partial charge in [0, 0.05) is 5.56 Å². The lowest BCUT2D eigenvalue weighted by Gasteiger charge is -2.18. The van der Waals surface area contributed by atoms with Gasteiger partial charge in [0.05, 0.1) is 6.10 Å². The van der Waals surface area contributed by atoms with Crippen molar-refractivity contribution in [1.29, 1.82) is 0 Å². The molecule has 1 aliphatic heterocycles. The summed E-state index contributed by atoms with van der Waals surface area (Å²) in [6.07, 6.45) is -0.283. The molecular formula is C11H11F3OS. The summed E-state index contributed by atoms with van der Waals surface area (Å²) in [5, 5.41) is 9.87. The van der Waals surface area contributed by atoms with E-state index in [9.17, 15) is 18.3 Å². The van der Waals surface area contributed by atoms with Crippen LogP contribution in [-0.2, 0) is 0 Å². The Labute approximate surface area is 95.7 Å². The van der Waals surface area contributed by atoms with E-state index < -0.39 is 23.6 Å². The molecule has 1 nitrogen and oxygen atoms in total. The standard InChI is InChI=1S/C11H11F3OS/c12-8-2-1-7(9(13)10(8)14)11(15)6-3-4-16-5-6/h1-2,6,11,15H,3-5H2. The summed E-state index contributed by atoms with van der Waals surface area (Å²) in [6, 6.07) is 1.96. The first-order valence-electron chi connectivity index (χ1n) is 5.00. The van der Waals surface area contributed by atoms with Gasteiger partial charge in [0.15, 0.2) is 17.5 Å². The minimum absolute atomic E-state index is 0.0793. The van der Waals surface area contributed by atoms with E-state index in [-0.39, 0.29) is 11.5 Å². The molecule has 0 aromatic heterocycles. The highest BCUT2D eigenvalue weighted by atomic mass is 32.2. The third kappa shape index (κ3) is 2.06. The molecule has 1 heterocycles. The van der Waals surface area contributed by atoms with Crippen molar-refractivity contribution in [2.75, 3.05) is 11.5 Å². The molecule has 1 saturated heterocycles. The number of thioether (sulfide) groups is 1. The number of hydrogen-bond acceptors (Lipinski definition) is 2. The summed E-state index contributed by atoms with van der Waals surface area (Å²) in [5.74, 6) is -2.46. The maximum Gasteiger partial charge on any atom is 0.194 e. The van der Waals surface area contributed by atoms with E-state index in [1.807, 2.05) is 0 Å². The third-order valence-corrected chi connectivity index (χ3v) is 3.98. The van der Waals surface area contributed by atoms with Crippen LogP contribution in [0.15, 0.2) is 12.1 Å². The summed E-state index contributed by atoms with van der Waals surface area (Å²) in [5.41, 5.74) is -0.147. The van der Waals surface area contributed by atoms with E-state index in [4.69, 9.17) is 0 Å². The van der Waals surface area contributed by atoms with E-state index in [0.717, 1.165) is 30.1 Å². The zero-order chi connectivity index (χ0) is 11.7. The predicted octanol–water partition coefficient (Wildman–Crippen LogP) is 2.89. The van der Waals surface area contributed by atoms with Gasteiger partial charge in [0.25, 0.3) is 0 Å². The van der Waals surface area contributed by atoms with Crippen molar-refractivity contribution in [2.24, 2.45) is 5.92 Å². The Morgan fingerprint density at radius 3 is 2.62 bits per heavy atom. The lowest BCUT2D eigenvalue weighted by molar-refractivity contribution is 0.116. The van der Waals surface area contributed by atoms with E-state index in [0.29, 0.717) is 0 Å². The van der Waals surface area contributed by atoms with E-state index in [1.165, 1.54) is 0 Å². The van der Waals surface area contributed by atoms with Gasteiger partial charge < -0.3 is 5.11 Å². The molecule has 0 radical (unpaired) electrons. The number of rotatable bonds is 2. The Balaban J connectivity index is 2.29. The van der Waals surface area contributed by atoms with E-state index in [2.05, 4.69) is 0 Å². The number of aliphatic hydroxyl groups excluding tert-OH is 1. The van der Waals surface area contributed by atoms with Crippen LogP contribution >= 0.6 is 11.8 Å². The second-order valence-corrected chi connectivity index (χ2v) is 4.98. The van der Waals surface area contributed by atoms with Gasteiger partial charge in [0.1, 0.15) is 0 Å². The quantitative estimate of drug-likeness (QED) is 0.812. The van der Waals surface area contributed by atoms with E-state index in [1.54, 1.807) is 11.8 Å². The van der Waals surface area contributed by atoms with Crippen molar-refractivity contribution < 1.29 is 18.3 Å². The Morgan fingerprint density at radius 1 is 1.25 bits per heavy atom. The van der Waals surface area contributed by atoms with Crippen LogP contribution < -0.4 is 0 Å². The zero-order valence-electron chi connectivity index (χ0n) is 8.42. The van der Waals surface area contributed by atoms with Crippen molar-refractivity contribution in [3.05, 3.63) is 35.1 Å². The van der Waals surface area contributed by atoms with Crippen molar-refractivity contribution in [3.63, 3.8) is 0 Å². The smallest absolute Gasteiger partial charge is 0.194 e. The zero-order valence-corrected chi connectivity index (χ0v) is 9.24. The SMILES string of the molecule is OC(c1ccc(F)c(F)c1F)C1CCSC1. The molecule has 16 heavy (non-hydrogen) atoms. The van der Waals surface area contributed by atoms with Crippen LogP contribution in [0.25, 0.3) is 0 Å². The van der Waals surface area contributed by atoms with Crippen LogP contribution in [0.4, 0.5) is 13.2 Å². The van der Waals surface area contributed by atoms with Gasteiger partial charge >= 0.3 is 0 Å². The Kier molecular flexibility index (Phi) is 3.44. The monoisotopic (exact) mass is 248 g/mol. The van der Waals surface area contributed by atoms with Gasteiger partial charge in [-0.15, -0.1) is 0 Å². The van der Waals surface area contributed by atoms with Crippen LogP contribution in [0.3, 0.4) is 0 Å². The average molecular weight is 248 g/mol. The van der Waals surface area contributed by atoms with Gasteiger partial charge in [-0.05, 0) is 29.9 Å². The van der Waals surface area contributed by atoms with Crippen LogP contribution in [0, 0.1) is 23.4 Å². The molecule has 1 aromatic carbocycles. The highest BCUT2D eigenvalue weighted by molar-refractivity contribution is 7.99. The number of hydrogen-bond donors (Lipinski definition) is 1. The molecule has 0 spiro atoms. The third-order valence-electron chi connectivity index (χ3n) is 2.80. The predicted molar refractivity (Wildman–Crippen MR) is 56.7 cm³/mol. The minimum Gasteiger partial charge on any atom is -0.388 e. The van der Waals surface area contributed by atoms with Gasteiger partial charge in [-0.3, -0.25) is 0 Å². The average Bonchev–Trinajstić information content (AvgIpc) is 2.79. The molecule has 0 amide bonds. The Morgan fingerprint density at radius 2 is 2.00 bits per heavy atom. The molecule has 1 fully saturated rings. The largest absolute Gasteiger partial charge is 0.388 e. The van der Waals surface area contributed by atoms with Crippen molar-refractivity contribution in [1.82, 2.24) is 0 Å². The van der Waals surface area contributed by atoms with Crippen LogP contribution in [0.2, 0.25) is 0 Å². The Bertz CT molecular complexity index is 391. The maximum absolute atomic E-state index is 13.4. The van der Waals surface area contributed by atoms with Gasteiger partial charge in [-0.1, -0.05) is 6.07 Å². The fourth-order valence-corrected chi connectivity index (χ4v) is 3.11. The normalized spacial score (nSPS) is 22.4. The molecular weight excluding hydrogens is 237 g/mol. The van der Waals surface area contributed by atoms with Crippen LogP contribution in [-0.4, -0.2) is 16.6 Å². The highest BCUT2D eigenvalue weighted by Crippen LogP contribution is 2.35. The lowest BCUT2D eigenvalue weighted by Crippen LogP contribution is -2.14. The Hall–Kier alpha value is -0.680. The van der Waals surface area contributed by atoms with Crippen molar-refractivity contribution in [2.45, 2.75) is 12.5 Å². The summed E-state index contributed by atoms with van der Waals surface area (Å²) >= 11 is 1.67. The fraction of sp³-hybridized carbons (Fsp3) is 0.455. The van der Waals surface area contributed by atoms with Crippen LogP contribution in [0.5, 0.6) is 0 Å². The molecule has 2 atom stereocenters. The summed E-state index contributed by atoms with van der Waals surface area (Å²) in [7, 11) is 0. The molecule has 88 valence electrons. The fourth-order valence-electron chi connectivity index (χ4n) is 1.82. The molecule has 1 aromatic rings. The molecule has 0 bridgehead atoms. The maximum atomic E-state index is 13.4. The first-order valence-corrected chi connectivity index (χ1v) is 6.16. The lowest BCUT2D eigenvalue weighted by atomic mass is 9.95. The van der Waals surface area contributed by atoms with Gasteiger partial charge in [-0.25, -0.2) is 13.2 Å². The van der Waals surface area contributed by atoms with Crippen LogP contribution in [0.1, 0.15) is 18.1 Å². The summed E-state index contributed by atoms with van der Waals surface area (Å²) in [6.45, 7) is 0. The second-order valence-electron chi connectivity index (χ2n) is 3.83. The first kappa shape index (κ1) is 11.8. The number of halogens is 3. The van der Waals surface area contributed by atoms with Crippen molar-refractivity contribution in [3.8, 4) is 0 Å². The molecule has 2 unspecified atom stereocenters. The molecule has 2 rings (SSSR count). The van der Waals surface area contributed by atoms with Crippen molar-refractivity contribution >= 4 is 11.8 Å². The topological polar surface area (TPSA) is 20.2 Å². The van der Waals surface area contributed by atoms with Gasteiger partial charge in [0.2, 0.25) is 0 Å². The van der Waals surface area contributed by atoms with Gasteiger partial charge in [-0.2, -0.15) is 11.8 Å². The minimum atomic E-state index is -1.51. The molecule has 5 heteroatoms. The summed E-state index contributed by atoms with van der Waals surface area (Å²) < 4.78 is 39.1. The molecule has 1 aliphatic rings. The second kappa shape index (κ2) is 4.67. The molecule has 0 aliphatic carbocycles. The summed E-state index contributed by atoms with van der Waals surface area (Å²) in [4.78, 5) is 0. The number of benzene rings is 1. The van der Waals surface area contributed by atoms with E-state index >= 15 is 0 Å². The molecule has 0 saturated carbocycles.